The van der Waals surface area contributed by atoms with E-state index in [1.54, 1.807) is 25.1 Å². The molecule has 3 aromatic rings. The summed E-state index contributed by atoms with van der Waals surface area (Å²) in [6.45, 7) is 1.92. The van der Waals surface area contributed by atoms with Gasteiger partial charge in [0.25, 0.3) is 5.91 Å². The second kappa shape index (κ2) is 7.41. The largest absolute Gasteiger partial charge is 0.481 e. The van der Waals surface area contributed by atoms with E-state index in [2.05, 4.69) is 17.4 Å². The molecule has 0 saturated heterocycles. The third-order valence-electron chi connectivity index (χ3n) is 4.28. The zero-order valence-electron chi connectivity index (χ0n) is 14.8. The number of hydrogen-bond donors (Lipinski definition) is 1. The molecule has 1 heterocycles. The van der Waals surface area contributed by atoms with Crippen LogP contribution < -0.4 is 19.5 Å². The number of anilines is 1. The number of nitrogens with one attached hydrogen (secondary N) is 1. The lowest BCUT2D eigenvalue weighted by molar-refractivity contribution is -0.122. The lowest BCUT2D eigenvalue weighted by atomic mass is 10.1. The zero-order chi connectivity index (χ0) is 18.6. The van der Waals surface area contributed by atoms with Crippen LogP contribution in [0.5, 0.6) is 17.2 Å². The summed E-state index contributed by atoms with van der Waals surface area (Å²) in [5.41, 5.74) is 2.87. The fraction of sp³-hybridized carbons (Fsp3) is 0.136. The van der Waals surface area contributed by atoms with Gasteiger partial charge in [0, 0.05) is 11.8 Å². The van der Waals surface area contributed by atoms with E-state index in [1.165, 1.54) is 0 Å². The third kappa shape index (κ3) is 3.87. The van der Waals surface area contributed by atoms with E-state index >= 15 is 0 Å². The highest BCUT2D eigenvalue weighted by molar-refractivity contribution is 5.94. The van der Waals surface area contributed by atoms with Crippen molar-refractivity contribution in [1.29, 1.82) is 0 Å². The summed E-state index contributed by atoms with van der Waals surface area (Å²) in [7, 11) is 0. The Morgan fingerprint density at radius 1 is 0.926 bits per heavy atom. The molecule has 3 aromatic carbocycles. The van der Waals surface area contributed by atoms with Gasteiger partial charge in [-0.25, -0.2) is 0 Å². The highest BCUT2D eigenvalue weighted by atomic mass is 16.7. The minimum atomic E-state index is -0.641. The van der Waals surface area contributed by atoms with Crippen LogP contribution in [-0.2, 0) is 4.79 Å². The van der Waals surface area contributed by atoms with Gasteiger partial charge in [-0.05, 0) is 42.3 Å². The summed E-state index contributed by atoms with van der Waals surface area (Å²) < 4.78 is 16.4. The van der Waals surface area contributed by atoms with Crippen LogP contribution in [0.25, 0.3) is 11.1 Å². The second-order valence-electron chi connectivity index (χ2n) is 6.21. The predicted octanol–water partition coefficient (Wildman–Crippen LogP) is 4.49. The summed E-state index contributed by atoms with van der Waals surface area (Å²) in [5, 5.41) is 2.83. The van der Waals surface area contributed by atoms with Gasteiger partial charge in [0.15, 0.2) is 17.6 Å². The maximum atomic E-state index is 12.4. The Bertz CT molecular complexity index is 938. The first-order valence-electron chi connectivity index (χ1n) is 8.72. The predicted molar refractivity (Wildman–Crippen MR) is 103 cm³/mol. The molecule has 1 N–H and O–H groups in total. The van der Waals surface area contributed by atoms with Crippen LogP contribution in [0.3, 0.4) is 0 Å². The molecule has 0 fully saturated rings. The van der Waals surface area contributed by atoms with Crippen LogP contribution in [0, 0.1) is 0 Å². The minimum Gasteiger partial charge on any atom is -0.481 e. The average molecular weight is 361 g/mol. The number of fused-ring (bicyclic) bond motifs is 1. The molecule has 4 rings (SSSR count). The van der Waals surface area contributed by atoms with Crippen LogP contribution in [0.2, 0.25) is 0 Å². The monoisotopic (exact) mass is 361 g/mol. The average Bonchev–Trinajstić information content (AvgIpc) is 3.17. The van der Waals surface area contributed by atoms with Crippen molar-refractivity contribution in [3.63, 3.8) is 0 Å². The van der Waals surface area contributed by atoms with Gasteiger partial charge >= 0.3 is 0 Å². The smallest absolute Gasteiger partial charge is 0.265 e. The van der Waals surface area contributed by atoms with Gasteiger partial charge in [0.05, 0.1) is 0 Å². The van der Waals surface area contributed by atoms with E-state index < -0.39 is 6.10 Å². The topological polar surface area (TPSA) is 56.8 Å². The Morgan fingerprint density at radius 2 is 1.63 bits per heavy atom. The van der Waals surface area contributed by atoms with Crippen molar-refractivity contribution in [3.05, 3.63) is 72.8 Å². The molecule has 1 aliphatic heterocycles. The molecule has 5 nitrogen and oxygen atoms in total. The molecule has 5 heteroatoms. The first kappa shape index (κ1) is 17.0. The molecule has 1 amide bonds. The van der Waals surface area contributed by atoms with Crippen LogP contribution in [0.4, 0.5) is 5.69 Å². The summed E-state index contributed by atoms with van der Waals surface area (Å²) in [6, 6.07) is 23.1. The van der Waals surface area contributed by atoms with Crippen LogP contribution in [0.1, 0.15) is 6.92 Å². The van der Waals surface area contributed by atoms with Gasteiger partial charge in [0.1, 0.15) is 5.75 Å². The minimum absolute atomic E-state index is 0.200. The molecule has 0 radical (unpaired) electrons. The van der Waals surface area contributed by atoms with E-state index in [9.17, 15) is 4.79 Å². The molecule has 1 atom stereocenters. The number of amides is 1. The zero-order valence-corrected chi connectivity index (χ0v) is 14.8. The molecule has 27 heavy (non-hydrogen) atoms. The number of ether oxygens (including phenoxy) is 3. The van der Waals surface area contributed by atoms with Crippen molar-refractivity contribution in [2.24, 2.45) is 0 Å². The van der Waals surface area contributed by atoms with Gasteiger partial charge in [-0.15, -0.1) is 0 Å². The third-order valence-corrected chi connectivity index (χ3v) is 4.28. The van der Waals surface area contributed by atoms with Crippen LogP contribution in [-0.4, -0.2) is 18.8 Å². The number of benzene rings is 3. The van der Waals surface area contributed by atoms with Crippen molar-refractivity contribution in [2.45, 2.75) is 13.0 Å². The quantitative estimate of drug-likeness (QED) is 0.727. The molecule has 0 unspecified atom stereocenters. The number of hydrogen-bond acceptors (Lipinski definition) is 4. The molecule has 136 valence electrons. The molecular formula is C22H19NO4. The van der Waals surface area contributed by atoms with E-state index in [-0.39, 0.29) is 12.7 Å². The van der Waals surface area contributed by atoms with Gasteiger partial charge in [-0.1, -0.05) is 42.5 Å². The van der Waals surface area contributed by atoms with Crippen molar-refractivity contribution < 1.29 is 19.0 Å². The van der Waals surface area contributed by atoms with Gasteiger partial charge in [-0.2, -0.15) is 0 Å². The summed E-state index contributed by atoms with van der Waals surface area (Å²) in [5.74, 6) is 1.71. The van der Waals surface area contributed by atoms with Gasteiger partial charge < -0.3 is 19.5 Å². The van der Waals surface area contributed by atoms with Crippen molar-refractivity contribution in [3.8, 4) is 28.4 Å². The summed E-state index contributed by atoms with van der Waals surface area (Å²) in [6.07, 6.45) is -0.641. The van der Waals surface area contributed by atoms with Crippen LogP contribution in [0.15, 0.2) is 72.8 Å². The van der Waals surface area contributed by atoms with Crippen molar-refractivity contribution in [1.82, 2.24) is 0 Å². The fourth-order valence-corrected chi connectivity index (χ4v) is 2.83. The maximum absolute atomic E-state index is 12.4. The molecular weight excluding hydrogens is 342 g/mol. The van der Waals surface area contributed by atoms with E-state index in [1.807, 2.05) is 42.5 Å². The first-order chi connectivity index (χ1) is 13.2. The Labute approximate surface area is 157 Å². The van der Waals surface area contributed by atoms with E-state index in [0.717, 1.165) is 11.1 Å². The van der Waals surface area contributed by atoms with E-state index in [0.29, 0.717) is 22.9 Å². The Balaban J connectivity index is 1.38. The second-order valence-corrected chi connectivity index (χ2v) is 6.21. The molecule has 0 aliphatic carbocycles. The molecule has 0 aromatic heterocycles. The van der Waals surface area contributed by atoms with Gasteiger partial charge in [-0.3, -0.25) is 4.79 Å². The first-order valence-corrected chi connectivity index (χ1v) is 8.72. The highest BCUT2D eigenvalue weighted by Gasteiger charge is 2.18. The normalized spacial score (nSPS) is 13.1. The number of rotatable bonds is 5. The number of carbonyl (C=O) groups is 1. The summed E-state index contributed by atoms with van der Waals surface area (Å²) >= 11 is 0. The van der Waals surface area contributed by atoms with Crippen molar-refractivity contribution in [2.75, 3.05) is 12.1 Å². The lowest BCUT2D eigenvalue weighted by Gasteiger charge is -2.15. The molecule has 1 aliphatic rings. The Morgan fingerprint density at radius 3 is 2.41 bits per heavy atom. The number of carbonyl (C=O) groups excluding carboxylic acids is 1. The fourth-order valence-electron chi connectivity index (χ4n) is 2.83. The standard InChI is InChI=1S/C22H19NO4/c1-15(22(24)23-18-9-12-20-21(13-18)26-14-25-20)27-19-10-7-17(8-11-19)16-5-3-2-4-6-16/h2-13,15H,14H2,1H3,(H,23,24)/t15-/m1/s1. The maximum Gasteiger partial charge on any atom is 0.265 e. The SMILES string of the molecule is C[C@@H](Oc1ccc(-c2ccccc2)cc1)C(=O)Nc1ccc2c(c1)OCO2. The Hall–Kier alpha value is -3.47. The Kier molecular flexibility index (Phi) is 4.66. The molecule has 0 saturated carbocycles. The summed E-state index contributed by atoms with van der Waals surface area (Å²) in [4.78, 5) is 12.4. The van der Waals surface area contributed by atoms with Gasteiger partial charge in [0.2, 0.25) is 6.79 Å². The van der Waals surface area contributed by atoms with Crippen LogP contribution >= 0.6 is 0 Å². The highest BCUT2D eigenvalue weighted by Crippen LogP contribution is 2.34. The lowest BCUT2D eigenvalue weighted by Crippen LogP contribution is -2.30. The van der Waals surface area contributed by atoms with Crippen molar-refractivity contribution >= 4 is 11.6 Å². The van der Waals surface area contributed by atoms with E-state index in [4.69, 9.17) is 14.2 Å². The molecule has 0 spiro atoms. The molecule has 0 bridgehead atoms.